The Morgan fingerprint density at radius 1 is 1.20 bits per heavy atom. The Labute approximate surface area is 149 Å². The lowest BCUT2D eigenvalue weighted by Crippen LogP contribution is -2.42. The normalized spacial score (nSPS) is 19.7. The molecule has 4 nitrogen and oxygen atoms in total. The van der Waals surface area contributed by atoms with E-state index in [0.717, 1.165) is 5.56 Å². The zero-order valence-electron chi connectivity index (χ0n) is 13.5. The Morgan fingerprint density at radius 3 is 2.60 bits per heavy atom. The van der Waals surface area contributed by atoms with Crippen LogP contribution in [0.5, 0.6) is 5.75 Å². The van der Waals surface area contributed by atoms with Gasteiger partial charge in [0.15, 0.2) is 0 Å². The Kier molecular flexibility index (Phi) is 5.20. The van der Waals surface area contributed by atoms with Crippen molar-refractivity contribution in [3.05, 3.63) is 64.7 Å². The number of benzene rings is 2. The van der Waals surface area contributed by atoms with E-state index in [1.807, 2.05) is 0 Å². The largest absolute Gasteiger partial charge is 0.415 e. The third-order valence-electron chi connectivity index (χ3n) is 4.36. The molecule has 2 aromatic rings. The van der Waals surface area contributed by atoms with E-state index < -0.39 is 17.7 Å². The van der Waals surface area contributed by atoms with Crippen LogP contribution in [0.25, 0.3) is 0 Å². The second kappa shape index (κ2) is 7.37. The number of ether oxygens (including phenoxy) is 1. The van der Waals surface area contributed by atoms with Crippen LogP contribution in [0.1, 0.15) is 11.5 Å². The summed E-state index contributed by atoms with van der Waals surface area (Å²) in [6.07, 6.45) is -0.543. The van der Waals surface area contributed by atoms with Crippen LogP contribution in [0.2, 0.25) is 5.02 Å². The molecule has 1 N–H and O–H groups in total. The van der Waals surface area contributed by atoms with Gasteiger partial charge in [-0.05, 0) is 42.0 Å². The van der Waals surface area contributed by atoms with Crippen molar-refractivity contribution in [1.82, 2.24) is 10.2 Å². The van der Waals surface area contributed by atoms with Crippen LogP contribution in [0, 0.1) is 11.6 Å². The molecule has 0 spiro atoms. The number of likely N-dealkylation sites (N-methyl/N-ethyl adjacent to an activating group) is 1. The first-order valence-corrected chi connectivity index (χ1v) is 8.19. The number of nitrogens with zero attached hydrogens (tertiary/aromatic N) is 1. The fourth-order valence-corrected chi connectivity index (χ4v) is 3.15. The summed E-state index contributed by atoms with van der Waals surface area (Å²) in [5, 5.41) is 3.28. The summed E-state index contributed by atoms with van der Waals surface area (Å²) in [7, 11) is 1.64. The maximum atomic E-state index is 13.4. The molecule has 1 saturated heterocycles. The zero-order valence-corrected chi connectivity index (χ0v) is 14.3. The van der Waals surface area contributed by atoms with Crippen molar-refractivity contribution in [1.29, 1.82) is 0 Å². The summed E-state index contributed by atoms with van der Waals surface area (Å²) < 4.78 is 31.6. The molecule has 1 aliphatic rings. The van der Waals surface area contributed by atoms with Crippen LogP contribution in [-0.4, -0.2) is 37.2 Å². The highest BCUT2D eigenvalue weighted by Crippen LogP contribution is 2.29. The van der Waals surface area contributed by atoms with Gasteiger partial charge in [0.05, 0.1) is 11.1 Å². The third kappa shape index (κ3) is 3.91. The van der Waals surface area contributed by atoms with Gasteiger partial charge in [0, 0.05) is 26.1 Å². The maximum Gasteiger partial charge on any atom is 0.415 e. The quantitative estimate of drug-likeness (QED) is 0.898. The van der Waals surface area contributed by atoms with Gasteiger partial charge in [-0.2, -0.15) is 0 Å². The van der Waals surface area contributed by atoms with Crippen LogP contribution in [-0.2, 0) is 0 Å². The molecule has 1 aliphatic heterocycles. The lowest BCUT2D eigenvalue weighted by atomic mass is 9.93. The molecule has 0 aromatic heterocycles. The molecule has 1 fully saturated rings. The van der Waals surface area contributed by atoms with Crippen molar-refractivity contribution in [2.24, 2.45) is 0 Å². The van der Waals surface area contributed by atoms with Crippen LogP contribution in [0.15, 0.2) is 42.5 Å². The number of amides is 1. The van der Waals surface area contributed by atoms with Crippen molar-refractivity contribution in [2.75, 3.05) is 20.1 Å². The average Bonchev–Trinajstić information content (AvgIpc) is 3.08. The topological polar surface area (TPSA) is 41.6 Å². The monoisotopic (exact) mass is 366 g/mol. The summed E-state index contributed by atoms with van der Waals surface area (Å²) in [5.74, 6) is -0.646. The summed E-state index contributed by atoms with van der Waals surface area (Å²) >= 11 is 5.87. The highest BCUT2D eigenvalue weighted by molar-refractivity contribution is 6.30. The molecule has 0 radical (unpaired) electrons. The highest BCUT2D eigenvalue weighted by atomic mass is 35.5. The van der Waals surface area contributed by atoms with E-state index in [9.17, 15) is 13.6 Å². The minimum absolute atomic E-state index is 0.0381. The van der Waals surface area contributed by atoms with Gasteiger partial charge < -0.3 is 15.0 Å². The van der Waals surface area contributed by atoms with Crippen molar-refractivity contribution < 1.29 is 18.3 Å². The number of hydrogen-bond donors (Lipinski definition) is 1. The van der Waals surface area contributed by atoms with E-state index in [1.54, 1.807) is 19.2 Å². The van der Waals surface area contributed by atoms with Gasteiger partial charge in [-0.25, -0.2) is 13.6 Å². The number of carbonyl (C=O) groups excluding carboxylic acids is 1. The molecule has 1 heterocycles. The molecule has 25 heavy (non-hydrogen) atoms. The first-order valence-electron chi connectivity index (χ1n) is 7.81. The second-order valence-corrected chi connectivity index (χ2v) is 6.35. The number of carbonyl (C=O) groups is 1. The Hall–Kier alpha value is -2.18. The molecule has 2 unspecified atom stereocenters. The summed E-state index contributed by atoms with van der Waals surface area (Å²) in [6.45, 7) is 1.22. The average molecular weight is 367 g/mol. The van der Waals surface area contributed by atoms with E-state index in [2.05, 4.69) is 5.32 Å². The summed E-state index contributed by atoms with van der Waals surface area (Å²) in [6, 6.07) is 9.65. The minimum Gasteiger partial charge on any atom is -0.410 e. The predicted octanol–water partition coefficient (Wildman–Crippen LogP) is 3.80. The minimum atomic E-state index is -0.543. The van der Waals surface area contributed by atoms with Crippen molar-refractivity contribution in [3.63, 3.8) is 0 Å². The van der Waals surface area contributed by atoms with E-state index in [0.29, 0.717) is 13.1 Å². The number of nitrogens with one attached hydrogen (secondary N) is 1. The Bertz CT molecular complexity index is 770. The summed E-state index contributed by atoms with van der Waals surface area (Å²) in [4.78, 5) is 13.9. The van der Waals surface area contributed by atoms with Gasteiger partial charge in [-0.1, -0.05) is 17.7 Å². The van der Waals surface area contributed by atoms with Gasteiger partial charge >= 0.3 is 6.09 Å². The third-order valence-corrected chi connectivity index (χ3v) is 4.65. The van der Waals surface area contributed by atoms with E-state index in [4.69, 9.17) is 16.3 Å². The number of hydrogen-bond acceptors (Lipinski definition) is 3. The first-order chi connectivity index (χ1) is 12.0. The second-order valence-electron chi connectivity index (χ2n) is 5.94. The predicted molar refractivity (Wildman–Crippen MR) is 91.0 cm³/mol. The maximum absolute atomic E-state index is 13.4. The standard InChI is InChI=1S/C18H17ClF2N2O2/c1-23(18(24)25-13-5-3-12(20)4-6-13)17-10-22-9-14(17)11-2-7-16(21)15(19)8-11/h2-8,14,17,22H,9-10H2,1H3. The van der Waals surface area contributed by atoms with Crippen LogP contribution in [0.3, 0.4) is 0 Å². The molecule has 0 saturated carbocycles. The molecule has 3 rings (SSSR count). The van der Waals surface area contributed by atoms with Gasteiger partial charge in [-0.15, -0.1) is 0 Å². The van der Waals surface area contributed by atoms with Crippen molar-refractivity contribution >= 4 is 17.7 Å². The molecule has 7 heteroatoms. The zero-order chi connectivity index (χ0) is 18.0. The molecule has 1 amide bonds. The molecule has 132 valence electrons. The van der Waals surface area contributed by atoms with Crippen molar-refractivity contribution in [3.8, 4) is 5.75 Å². The molecular formula is C18H17ClF2N2O2. The van der Waals surface area contributed by atoms with E-state index >= 15 is 0 Å². The van der Waals surface area contributed by atoms with Crippen LogP contribution in [0.4, 0.5) is 13.6 Å². The number of halogens is 3. The van der Waals surface area contributed by atoms with Gasteiger partial charge in [-0.3, -0.25) is 0 Å². The molecule has 2 aromatic carbocycles. The van der Waals surface area contributed by atoms with Crippen LogP contribution >= 0.6 is 11.6 Å². The SMILES string of the molecule is CN(C(=O)Oc1ccc(F)cc1)C1CNCC1c1ccc(F)c(Cl)c1. The molecule has 0 aliphatic carbocycles. The Balaban J connectivity index is 1.73. The fourth-order valence-electron chi connectivity index (χ4n) is 2.97. The Morgan fingerprint density at radius 2 is 1.92 bits per heavy atom. The highest BCUT2D eigenvalue weighted by Gasteiger charge is 2.34. The fraction of sp³-hybridized carbons (Fsp3) is 0.278. The lowest BCUT2D eigenvalue weighted by molar-refractivity contribution is 0.145. The molecule has 0 bridgehead atoms. The van der Waals surface area contributed by atoms with Gasteiger partial charge in [0.2, 0.25) is 0 Å². The molecule has 2 atom stereocenters. The molecular weight excluding hydrogens is 350 g/mol. The first kappa shape index (κ1) is 17.6. The smallest absolute Gasteiger partial charge is 0.410 e. The van der Waals surface area contributed by atoms with Crippen LogP contribution < -0.4 is 10.1 Å². The van der Waals surface area contributed by atoms with E-state index in [1.165, 1.54) is 35.2 Å². The van der Waals surface area contributed by atoms with E-state index in [-0.39, 0.29) is 22.7 Å². The summed E-state index contributed by atoms with van der Waals surface area (Å²) in [5.41, 5.74) is 0.850. The van der Waals surface area contributed by atoms with Gasteiger partial charge in [0.25, 0.3) is 0 Å². The van der Waals surface area contributed by atoms with Gasteiger partial charge in [0.1, 0.15) is 17.4 Å². The number of rotatable bonds is 3. The lowest BCUT2D eigenvalue weighted by Gasteiger charge is -2.28. The van der Waals surface area contributed by atoms with Crippen molar-refractivity contribution in [2.45, 2.75) is 12.0 Å².